The molecule has 0 amide bonds. The van der Waals surface area contributed by atoms with Crippen molar-refractivity contribution in [2.45, 2.75) is 5.03 Å². The molecule has 130 valence electrons. The number of methoxy groups -OCH3 is 2. The highest BCUT2D eigenvalue weighted by atomic mass is 32.2. The van der Waals surface area contributed by atoms with E-state index in [9.17, 15) is 4.79 Å². The van der Waals surface area contributed by atoms with Crippen LogP contribution in [0.3, 0.4) is 0 Å². The van der Waals surface area contributed by atoms with Gasteiger partial charge in [0.05, 0.1) is 26.3 Å². The van der Waals surface area contributed by atoms with E-state index in [1.807, 2.05) is 0 Å². The van der Waals surface area contributed by atoms with Gasteiger partial charge in [-0.25, -0.2) is 9.97 Å². The minimum absolute atomic E-state index is 0.0406. The van der Waals surface area contributed by atoms with Crippen LogP contribution in [0.5, 0.6) is 17.2 Å². The number of benzene rings is 1. The number of nitrogen functional groups attached to an aromatic ring is 1. The first kappa shape index (κ1) is 16.8. The molecule has 9 nitrogen and oxygen atoms in total. The lowest BCUT2D eigenvalue weighted by atomic mass is 10.3. The minimum atomic E-state index is -0.443. The summed E-state index contributed by atoms with van der Waals surface area (Å²) in [6.45, 7) is 0. The number of anilines is 1. The lowest BCUT2D eigenvalue weighted by Gasteiger charge is -2.09. The quantitative estimate of drug-likeness (QED) is 0.292. The molecule has 0 fully saturated rings. The second-order valence-corrected chi connectivity index (χ2v) is 5.73. The molecule has 2 heterocycles. The summed E-state index contributed by atoms with van der Waals surface area (Å²) in [6, 6.07) is 4.87. The number of rotatable bonds is 6. The van der Waals surface area contributed by atoms with Gasteiger partial charge in [0.15, 0.2) is 17.1 Å². The van der Waals surface area contributed by atoms with Crippen LogP contribution in [0.1, 0.15) is 0 Å². The third-order valence-electron chi connectivity index (χ3n) is 3.18. The third-order valence-corrected chi connectivity index (χ3v) is 4.13. The van der Waals surface area contributed by atoms with Crippen LogP contribution in [-0.4, -0.2) is 45.9 Å². The van der Waals surface area contributed by atoms with Crippen molar-refractivity contribution in [2.24, 2.45) is 0 Å². The van der Waals surface area contributed by atoms with Gasteiger partial charge >= 0.3 is 5.97 Å². The van der Waals surface area contributed by atoms with Crippen molar-refractivity contribution in [3.05, 3.63) is 24.5 Å². The van der Waals surface area contributed by atoms with Crippen LogP contribution in [0.25, 0.3) is 11.2 Å². The monoisotopic (exact) mass is 361 g/mol. The molecule has 1 aromatic carbocycles. The highest BCUT2D eigenvalue weighted by molar-refractivity contribution is 8.00. The Morgan fingerprint density at radius 1 is 1.24 bits per heavy atom. The van der Waals surface area contributed by atoms with Crippen LogP contribution in [0.15, 0.2) is 29.6 Å². The second kappa shape index (κ2) is 7.26. The van der Waals surface area contributed by atoms with Gasteiger partial charge in [-0.05, 0) is 12.1 Å². The van der Waals surface area contributed by atoms with Crippen LogP contribution in [0.4, 0.5) is 5.95 Å². The largest absolute Gasteiger partial charge is 0.493 e. The second-order valence-electron chi connectivity index (χ2n) is 4.77. The number of hydrogen-bond donors (Lipinski definition) is 2. The molecular weight excluding hydrogens is 346 g/mol. The summed E-state index contributed by atoms with van der Waals surface area (Å²) in [6.07, 6.45) is 1.49. The maximum Gasteiger partial charge on any atom is 0.321 e. The first-order valence-corrected chi connectivity index (χ1v) is 8.11. The van der Waals surface area contributed by atoms with E-state index in [1.165, 1.54) is 32.3 Å². The van der Waals surface area contributed by atoms with Gasteiger partial charge in [0.2, 0.25) is 5.95 Å². The molecule has 3 N–H and O–H groups in total. The Hall–Kier alpha value is -3.01. The van der Waals surface area contributed by atoms with Crippen LogP contribution in [0, 0.1) is 0 Å². The number of hydrogen-bond acceptors (Lipinski definition) is 9. The molecule has 0 aliphatic carbocycles. The van der Waals surface area contributed by atoms with Gasteiger partial charge < -0.3 is 24.9 Å². The first-order valence-electron chi connectivity index (χ1n) is 7.13. The normalized spacial score (nSPS) is 10.6. The molecule has 0 saturated carbocycles. The topological polar surface area (TPSA) is 125 Å². The van der Waals surface area contributed by atoms with Crippen LogP contribution >= 0.6 is 11.8 Å². The van der Waals surface area contributed by atoms with Gasteiger partial charge in [0.25, 0.3) is 0 Å². The number of carbonyl (C=O) groups excluding carboxylic acids is 1. The number of aromatic amines is 1. The van der Waals surface area contributed by atoms with Gasteiger partial charge in [0, 0.05) is 6.07 Å². The average Bonchev–Trinajstić information content (AvgIpc) is 3.07. The van der Waals surface area contributed by atoms with Gasteiger partial charge in [-0.15, -0.1) is 0 Å². The number of aromatic nitrogens is 4. The van der Waals surface area contributed by atoms with Crippen molar-refractivity contribution >= 4 is 34.8 Å². The van der Waals surface area contributed by atoms with E-state index in [4.69, 9.17) is 19.9 Å². The van der Waals surface area contributed by atoms with Crippen molar-refractivity contribution in [2.75, 3.05) is 25.7 Å². The fourth-order valence-corrected chi connectivity index (χ4v) is 2.86. The molecule has 0 radical (unpaired) electrons. The van der Waals surface area contributed by atoms with Gasteiger partial charge in [-0.3, -0.25) is 4.79 Å². The van der Waals surface area contributed by atoms with E-state index < -0.39 is 5.97 Å². The number of imidazole rings is 1. The van der Waals surface area contributed by atoms with Crippen molar-refractivity contribution in [3.8, 4) is 17.2 Å². The first-order chi connectivity index (χ1) is 12.1. The fourth-order valence-electron chi connectivity index (χ4n) is 2.10. The standard InChI is InChI=1S/C15H15N5O4S/c1-22-9-4-3-8(5-10(9)23-2)24-11(21)6-25-14-12-13(18-7-17-12)19-15(16)20-14/h3-5,7H,6H2,1-2H3,(H3,16,17,18,19,20). The molecule has 2 aromatic heterocycles. The van der Waals surface area contributed by atoms with Crippen molar-refractivity contribution in [1.29, 1.82) is 0 Å². The zero-order valence-electron chi connectivity index (χ0n) is 13.5. The van der Waals surface area contributed by atoms with Crippen LogP contribution < -0.4 is 19.9 Å². The van der Waals surface area contributed by atoms with Gasteiger partial charge in [0.1, 0.15) is 16.3 Å². The highest BCUT2D eigenvalue weighted by Gasteiger charge is 2.13. The van der Waals surface area contributed by atoms with E-state index in [1.54, 1.807) is 18.2 Å². The number of H-pyrrole nitrogens is 1. The van der Waals surface area contributed by atoms with E-state index in [2.05, 4.69) is 19.9 Å². The number of ether oxygens (including phenoxy) is 3. The molecule has 3 aromatic rings. The number of esters is 1. The number of nitrogens with one attached hydrogen (secondary N) is 1. The molecular formula is C15H15N5O4S. The summed E-state index contributed by atoms with van der Waals surface area (Å²) < 4.78 is 15.6. The Labute approximate surface area is 146 Å². The van der Waals surface area contributed by atoms with Crippen molar-refractivity contribution < 1.29 is 19.0 Å². The number of nitrogens with two attached hydrogens (primary N) is 1. The molecule has 0 aliphatic heterocycles. The van der Waals surface area contributed by atoms with Gasteiger partial charge in [-0.2, -0.15) is 4.98 Å². The number of carbonyl (C=O) groups is 1. The fraction of sp³-hybridized carbons (Fsp3) is 0.200. The molecule has 0 spiro atoms. The highest BCUT2D eigenvalue weighted by Crippen LogP contribution is 2.31. The third kappa shape index (κ3) is 3.74. The molecule has 10 heteroatoms. The summed E-state index contributed by atoms with van der Waals surface area (Å²) >= 11 is 1.18. The Morgan fingerprint density at radius 3 is 2.80 bits per heavy atom. The van der Waals surface area contributed by atoms with Gasteiger partial charge in [-0.1, -0.05) is 11.8 Å². The number of thioether (sulfide) groups is 1. The lowest BCUT2D eigenvalue weighted by Crippen LogP contribution is -2.11. The van der Waals surface area contributed by atoms with Crippen LogP contribution in [-0.2, 0) is 4.79 Å². The summed E-state index contributed by atoms with van der Waals surface area (Å²) in [5.74, 6) is 1.08. The molecule has 0 unspecified atom stereocenters. The lowest BCUT2D eigenvalue weighted by molar-refractivity contribution is -0.131. The number of nitrogens with zero attached hydrogens (tertiary/aromatic N) is 3. The van der Waals surface area contributed by atoms with E-state index in [0.717, 1.165) is 0 Å². The maximum absolute atomic E-state index is 12.1. The predicted octanol–water partition coefficient (Wildman–Crippen LogP) is 1.65. The molecule has 25 heavy (non-hydrogen) atoms. The number of fused-ring (bicyclic) bond motifs is 1. The Balaban J connectivity index is 1.67. The Kier molecular flexibility index (Phi) is 4.89. The zero-order chi connectivity index (χ0) is 17.8. The maximum atomic E-state index is 12.1. The smallest absolute Gasteiger partial charge is 0.321 e. The summed E-state index contributed by atoms with van der Waals surface area (Å²) in [5.41, 5.74) is 6.71. The van der Waals surface area contributed by atoms with E-state index >= 15 is 0 Å². The molecule has 0 atom stereocenters. The molecule has 3 rings (SSSR count). The zero-order valence-corrected chi connectivity index (χ0v) is 14.3. The van der Waals surface area contributed by atoms with E-state index in [0.29, 0.717) is 33.4 Å². The summed E-state index contributed by atoms with van der Waals surface area (Å²) in [4.78, 5) is 27.1. The Bertz CT molecular complexity index is 914. The van der Waals surface area contributed by atoms with Crippen molar-refractivity contribution in [1.82, 2.24) is 19.9 Å². The summed E-state index contributed by atoms with van der Waals surface area (Å²) in [5, 5.41) is 0.532. The summed E-state index contributed by atoms with van der Waals surface area (Å²) in [7, 11) is 3.04. The SMILES string of the molecule is COc1ccc(OC(=O)CSc2nc(N)nc3nc[nH]c23)cc1OC. The van der Waals surface area contributed by atoms with Crippen LogP contribution in [0.2, 0.25) is 0 Å². The molecule has 0 aliphatic rings. The molecule has 0 saturated heterocycles. The van der Waals surface area contributed by atoms with Crippen molar-refractivity contribution in [3.63, 3.8) is 0 Å². The minimum Gasteiger partial charge on any atom is -0.493 e. The molecule has 0 bridgehead atoms. The predicted molar refractivity (Wildman–Crippen MR) is 92.0 cm³/mol. The average molecular weight is 361 g/mol. The Morgan fingerprint density at radius 2 is 2.04 bits per heavy atom. The van der Waals surface area contributed by atoms with E-state index in [-0.39, 0.29) is 11.7 Å².